The van der Waals surface area contributed by atoms with Gasteiger partial charge in [0.05, 0.1) is 5.75 Å². The van der Waals surface area contributed by atoms with Gasteiger partial charge in [0.15, 0.2) is 6.10 Å². The van der Waals surface area contributed by atoms with Crippen molar-refractivity contribution < 1.29 is 27.1 Å². The number of aromatic nitrogens is 2. The summed E-state index contributed by atoms with van der Waals surface area (Å²) < 4.78 is 50.2. The van der Waals surface area contributed by atoms with Crippen molar-refractivity contribution in [2.45, 2.75) is 17.9 Å². The molecule has 0 unspecified atom stereocenters. The van der Waals surface area contributed by atoms with E-state index in [0.29, 0.717) is 5.56 Å². The van der Waals surface area contributed by atoms with Crippen LogP contribution >= 0.6 is 11.8 Å². The average molecular weight is 394 g/mol. The molecular weight excluding hydrogens is 381 g/mol. The summed E-state index contributed by atoms with van der Waals surface area (Å²) in [6.07, 6.45) is -0.836. The molecule has 3 aromatic rings. The minimum Gasteiger partial charge on any atom is -0.452 e. The molecule has 0 amide bonds. The van der Waals surface area contributed by atoms with E-state index in [1.807, 2.05) is 0 Å². The number of carbonyl (C=O) groups is 1. The van der Waals surface area contributed by atoms with E-state index in [-0.39, 0.29) is 22.4 Å². The number of rotatable bonds is 6. The number of ether oxygens (including phenoxy) is 1. The molecule has 1 heterocycles. The van der Waals surface area contributed by atoms with Gasteiger partial charge in [-0.25, -0.2) is 13.2 Å². The van der Waals surface area contributed by atoms with Gasteiger partial charge in [0.25, 0.3) is 5.89 Å². The maximum Gasteiger partial charge on any atom is 0.317 e. The topological polar surface area (TPSA) is 65.2 Å². The van der Waals surface area contributed by atoms with Crippen molar-refractivity contribution in [2.24, 2.45) is 0 Å². The summed E-state index contributed by atoms with van der Waals surface area (Å²) in [6, 6.07) is 8.45. The molecule has 0 aliphatic carbocycles. The quantitative estimate of drug-likeness (QED) is 0.451. The fourth-order valence-corrected chi connectivity index (χ4v) is 2.86. The number of esters is 1. The van der Waals surface area contributed by atoms with Crippen molar-refractivity contribution in [3.8, 4) is 11.5 Å². The van der Waals surface area contributed by atoms with Crippen molar-refractivity contribution in [1.82, 2.24) is 10.2 Å². The third kappa shape index (κ3) is 4.88. The van der Waals surface area contributed by atoms with E-state index in [1.165, 1.54) is 31.2 Å². The van der Waals surface area contributed by atoms with E-state index in [1.54, 1.807) is 0 Å². The molecule has 0 fully saturated rings. The highest BCUT2D eigenvalue weighted by molar-refractivity contribution is 8.00. The normalized spacial score (nSPS) is 12.0. The van der Waals surface area contributed by atoms with Crippen LogP contribution in [-0.2, 0) is 9.53 Å². The maximum atomic E-state index is 13.5. The van der Waals surface area contributed by atoms with E-state index in [2.05, 4.69) is 10.2 Å². The standard InChI is InChI=1S/C18H13F3N2O3S/c1-10(17-22-23-18(26-17)11-2-4-12(19)5-3-11)25-16(24)9-27-15-8-13(20)6-7-14(15)21/h2-8,10H,9H2,1H3/t10-/m1/s1. The fourth-order valence-electron chi connectivity index (χ4n) is 2.11. The van der Waals surface area contributed by atoms with Crippen molar-refractivity contribution in [3.63, 3.8) is 0 Å². The summed E-state index contributed by atoms with van der Waals surface area (Å²) in [7, 11) is 0. The van der Waals surface area contributed by atoms with Crippen LogP contribution in [0.2, 0.25) is 0 Å². The molecule has 0 N–H and O–H groups in total. The first-order chi connectivity index (χ1) is 12.9. The third-order valence-corrected chi connectivity index (χ3v) is 4.43. The van der Waals surface area contributed by atoms with Gasteiger partial charge in [-0.05, 0) is 49.4 Å². The first kappa shape index (κ1) is 19.0. The van der Waals surface area contributed by atoms with Gasteiger partial charge in [-0.1, -0.05) is 0 Å². The van der Waals surface area contributed by atoms with Gasteiger partial charge in [0, 0.05) is 10.5 Å². The van der Waals surface area contributed by atoms with Crippen LogP contribution in [0.4, 0.5) is 13.2 Å². The molecule has 2 aromatic carbocycles. The van der Waals surface area contributed by atoms with Gasteiger partial charge in [0.1, 0.15) is 17.5 Å². The lowest BCUT2D eigenvalue weighted by atomic mass is 10.2. The Morgan fingerprint density at radius 3 is 2.56 bits per heavy atom. The zero-order valence-electron chi connectivity index (χ0n) is 14.0. The Morgan fingerprint density at radius 1 is 1.11 bits per heavy atom. The number of hydrogen-bond donors (Lipinski definition) is 0. The Kier molecular flexibility index (Phi) is 5.80. The van der Waals surface area contributed by atoms with Crippen molar-refractivity contribution in [3.05, 3.63) is 65.8 Å². The number of halogens is 3. The minimum atomic E-state index is -0.836. The van der Waals surface area contributed by atoms with E-state index >= 15 is 0 Å². The van der Waals surface area contributed by atoms with Crippen LogP contribution in [0.15, 0.2) is 51.8 Å². The van der Waals surface area contributed by atoms with Gasteiger partial charge >= 0.3 is 5.97 Å². The van der Waals surface area contributed by atoms with Crippen LogP contribution in [0.1, 0.15) is 18.9 Å². The Bertz CT molecular complexity index is 947. The van der Waals surface area contributed by atoms with Gasteiger partial charge in [-0.3, -0.25) is 4.79 Å². The summed E-state index contributed by atoms with van der Waals surface area (Å²) in [5.41, 5.74) is 0.519. The predicted molar refractivity (Wildman–Crippen MR) is 91.3 cm³/mol. The zero-order valence-corrected chi connectivity index (χ0v) is 14.8. The Morgan fingerprint density at radius 2 is 1.81 bits per heavy atom. The van der Waals surface area contributed by atoms with Gasteiger partial charge in [-0.2, -0.15) is 0 Å². The monoisotopic (exact) mass is 394 g/mol. The van der Waals surface area contributed by atoms with Crippen molar-refractivity contribution in [1.29, 1.82) is 0 Å². The van der Waals surface area contributed by atoms with Crippen LogP contribution in [0, 0.1) is 17.5 Å². The second kappa shape index (κ2) is 8.26. The van der Waals surface area contributed by atoms with E-state index in [0.717, 1.165) is 30.0 Å². The smallest absolute Gasteiger partial charge is 0.317 e. The van der Waals surface area contributed by atoms with Crippen molar-refractivity contribution >= 4 is 17.7 Å². The summed E-state index contributed by atoms with van der Waals surface area (Å²) in [6.45, 7) is 1.54. The van der Waals surface area contributed by atoms with Crippen molar-refractivity contribution in [2.75, 3.05) is 5.75 Å². The number of nitrogens with zero attached hydrogens (tertiary/aromatic N) is 2. The van der Waals surface area contributed by atoms with Gasteiger partial charge < -0.3 is 9.15 Å². The Balaban J connectivity index is 1.58. The summed E-state index contributed by atoms with van der Waals surface area (Å²) in [5.74, 6) is -2.27. The molecule has 3 rings (SSSR count). The second-order valence-corrected chi connectivity index (χ2v) is 6.47. The minimum absolute atomic E-state index is 0.0102. The molecule has 9 heteroatoms. The van der Waals surface area contributed by atoms with Gasteiger partial charge in [-0.15, -0.1) is 22.0 Å². The van der Waals surface area contributed by atoms with E-state index in [4.69, 9.17) is 9.15 Å². The molecule has 0 saturated heterocycles. The molecule has 0 aliphatic heterocycles. The highest BCUT2D eigenvalue weighted by atomic mass is 32.2. The van der Waals surface area contributed by atoms with Gasteiger partial charge in [0.2, 0.25) is 5.89 Å². The molecule has 0 saturated carbocycles. The largest absolute Gasteiger partial charge is 0.452 e. The molecule has 0 aliphatic rings. The molecule has 0 radical (unpaired) electrons. The lowest BCUT2D eigenvalue weighted by Gasteiger charge is -2.09. The molecule has 5 nitrogen and oxygen atoms in total. The molecule has 0 spiro atoms. The lowest BCUT2D eigenvalue weighted by Crippen LogP contribution is -2.11. The fraction of sp³-hybridized carbons (Fsp3) is 0.167. The SMILES string of the molecule is C[C@@H](OC(=O)CSc1cc(F)ccc1F)c1nnc(-c2ccc(F)cc2)o1. The van der Waals surface area contributed by atoms with Crippen LogP contribution in [-0.4, -0.2) is 21.9 Å². The van der Waals surface area contributed by atoms with E-state index < -0.39 is 29.5 Å². The Labute approximate surface area is 156 Å². The predicted octanol–water partition coefficient (Wildman–Crippen LogP) is 4.55. The van der Waals surface area contributed by atoms with Crippen LogP contribution in [0.25, 0.3) is 11.5 Å². The first-order valence-electron chi connectivity index (χ1n) is 7.79. The maximum absolute atomic E-state index is 13.5. The van der Waals surface area contributed by atoms with Crippen LogP contribution < -0.4 is 0 Å². The summed E-state index contributed by atoms with van der Waals surface area (Å²) >= 11 is 0.818. The molecule has 1 aromatic heterocycles. The summed E-state index contributed by atoms with van der Waals surface area (Å²) in [5, 5.41) is 7.64. The zero-order chi connectivity index (χ0) is 19.4. The average Bonchev–Trinajstić information content (AvgIpc) is 3.13. The molecular formula is C18H13F3N2O3S. The third-order valence-electron chi connectivity index (χ3n) is 3.43. The molecule has 0 bridgehead atoms. The van der Waals surface area contributed by atoms with Crippen LogP contribution in [0.5, 0.6) is 0 Å². The number of thioether (sulfide) groups is 1. The van der Waals surface area contributed by atoms with Crippen LogP contribution in [0.3, 0.4) is 0 Å². The number of carbonyl (C=O) groups excluding carboxylic acids is 1. The number of benzene rings is 2. The highest BCUT2D eigenvalue weighted by Crippen LogP contribution is 2.25. The second-order valence-electron chi connectivity index (χ2n) is 5.45. The number of hydrogen-bond acceptors (Lipinski definition) is 6. The first-order valence-corrected chi connectivity index (χ1v) is 8.77. The molecule has 27 heavy (non-hydrogen) atoms. The lowest BCUT2D eigenvalue weighted by molar-refractivity contribution is -0.146. The molecule has 1 atom stereocenters. The molecule has 140 valence electrons. The highest BCUT2D eigenvalue weighted by Gasteiger charge is 2.19. The van der Waals surface area contributed by atoms with E-state index in [9.17, 15) is 18.0 Å². The summed E-state index contributed by atoms with van der Waals surface area (Å²) in [4.78, 5) is 11.9. The Hall–Kier alpha value is -2.81.